The number of benzene rings is 2. The first-order valence-electron chi connectivity index (χ1n) is 11.3. The van der Waals surface area contributed by atoms with E-state index < -0.39 is 10.0 Å². The number of sulfonamides is 1. The minimum Gasteiger partial charge on any atom is -0.497 e. The zero-order chi connectivity index (χ0) is 24.0. The number of aromatic amines is 1. The Morgan fingerprint density at radius 3 is 2.33 bits per heavy atom. The fourth-order valence-corrected chi connectivity index (χ4v) is 5.38. The highest BCUT2D eigenvalue weighted by Crippen LogP contribution is 2.22. The van der Waals surface area contributed by atoms with E-state index in [1.165, 1.54) is 11.4 Å². The summed E-state index contributed by atoms with van der Waals surface area (Å²) in [6.45, 7) is 9.04. The highest BCUT2D eigenvalue weighted by molar-refractivity contribution is 7.89. The van der Waals surface area contributed by atoms with Crippen LogP contribution in [0.15, 0.2) is 58.2 Å². The zero-order valence-corrected chi connectivity index (χ0v) is 20.6. The summed E-state index contributed by atoms with van der Waals surface area (Å²) in [5.74, 6) is 0.586. The fourth-order valence-electron chi connectivity index (χ4n) is 3.93. The number of methoxy groups -OCH3 is 1. The molecule has 0 fully saturated rings. The monoisotopic (exact) mass is 471 g/mol. The molecule has 178 valence electrons. The van der Waals surface area contributed by atoms with E-state index in [0.29, 0.717) is 24.3 Å². The molecule has 3 aromatic rings. The number of aromatic nitrogens is 1. The van der Waals surface area contributed by atoms with Crippen LogP contribution < -0.4 is 10.3 Å². The van der Waals surface area contributed by atoms with Gasteiger partial charge in [0.2, 0.25) is 10.0 Å². The van der Waals surface area contributed by atoms with E-state index in [9.17, 15) is 13.2 Å². The number of hydrogen-bond donors (Lipinski definition) is 1. The van der Waals surface area contributed by atoms with Gasteiger partial charge >= 0.3 is 0 Å². The summed E-state index contributed by atoms with van der Waals surface area (Å²) in [6, 6.07) is 13.9. The van der Waals surface area contributed by atoms with Gasteiger partial charge in [-0.3, -0.25) is 4.79 Å². The van der Waals surface area contributed by atoms with Crippen LogP contribution in [0, 0.1) is 6.92 Å². The molecule has 1 aromatic heterocycles. The highest BCUT2D eigenvalue weighted by atomic mass is 32.2. The van der Waals surface area contributed by atoms with E-state index in [1.807, 2.05) is 25.1 Å². The van der Waals surface area contributed by atoms with Gasteiger partial charge in [-0.15, -0.1) is 0 Å². The van der Waals surface area contributed by atoms with Crippen molar-refractivity contribution >= 4 is 20.9 Å². The van der Waals surface area contributed by atoms with E-state index in [0.717, 1.165) is 36.1 Å². The summed E-state index contributed by atoms with van der Waals surface area (Å²) in [7, 11) is -2.27. The molecule has 1 N–H and O–H groups in total. The Hall–Kier alpha value is -2.68. The average Bonchev–Trinajstić information content (AvgIpc) is 2.82. The summed E-state index contributed by atoms with van der Waals surface area (Å²) in [5.41, 5.74) is 1.90. The van der Waals surface area contributed by atoms with Crippen molar-refractivity contribution in [3.8, 4) is 5.75 Å². The van der Waals surface area contributed by atoms with Crippen LogP contribution in [0.4, 0.5) is 0 Å². The normalized spacial score (nSPS) is 12.1. The van der Waals surface area contributed by atoms with Gasteiger partial charge in [0.05, 0.1) is 17.5 Å². The van der Waals surface area contributed by atoms with Crippen molar-refractivity contribution in [2.45, 2.75) is 38.6 Å². The number of para-hydroxylation sites is 1. The first kappa shape index (κ1) is 25.0. The maximum absolute atomic E-state index is 13.5. The molecule has 2 aromatic carbocycles. The van der Waals surface area contributed by atoms with Crippen molar-refractivity contribution < 1.29 is 13.2 Å². The quantitative estimate of drug-likeness (QED) is 0.460. The third kappa shape index (κ3) is 5.82. The van der Waals surface area contributed by atoms with E-state index in [4.69, 9.17) is 4.74 Å². The molecule has 0 saturated heterocycles. The molecule has 33 heavy (non-hydrogen) atoms. The lowest BCUT2D eigenvalue weighted by Crippen LogP contribution is -2.35. The number of aryl methyl sites for hydroxylation is 1. The van der Waals surface area contributed by atoms with Gasteiger partial charge in [-0.1, -0.05) is 32.0 Å². The maximum atomic E-state index is 13.5. The Kier molecular flexibility index (Phi) is 8.29. The number of ether oxygens (including phenoxy) is 1. The van der Waals surface area contributed by atoms with E-state index in [2.05, 4.69) is 23.7 Å². The molecule has 0 radical (unpaired) electrons. The lowest BCUT2D eigenvalue weighted by atomic mass is 10.1. The standard InChI is InChI=1S/C25H33N3O4S/c1-5-27(6-2)15-8-16-28(33(30,31)23-13-11-22(32-4)12-14-23)18-21-17-20-10-7-9-19(3)24(20)26-25(21)29/h7,9-14,17H,5-6,8,15-16,18H2,1-4H3,(H,26,29). The molecule has 0 aliphatic heterocycles. The largest absolute Gasteiger partial charge is 0.497 e. The van der Waals surface area contributed by atoms with Crippen LogP contribution in [0.5, 0.6) is 5.75 Å². The minimum atomic E-state index is -3.81. The molecular formula is C25H33N3O4S. The molecule has 0 saturated carbocycles. The van der Waals surface area contributed by atoms with Gasteiger partial charge in [-0.25, -0.2) is 8.42 Å². The molecule has 0 aliphatic carbocycles. The topological polar surface area (TPSA) is 82.7 Å². The number of hydrogen-bond acceptors (Lipinski definition) is 5. The van der Waals surface area contributed by atoms with Crippen LogP contribution in [-0.2, 0) is 16.6 Å². The maximum Gasteiger partial charge on any atom is 0.252 e. The second-order valence-electron chi connectivity index (χ2n) is 8.06. The summed E-state index contributed by atoms with van der Waals surface area (Å²) in [6.07, 6.45) is 0.668. The number of nitrogens with one attached hydrogen (secondary N) is 1. The molecular weight excluding hydrogens is 438 g/mol. The van der Waals surface area contributed by atoms with Crippen molar-refractivity contribution in [3.05, 3.63) is 70.0 Å². The Bertz CT molecular complexity index is 1230. The van der Waals surface area contributed by atoms with Gasteiger partial charge in [0, 0.05) is 18.7 Å². The first-order valence-corrected chi connectivity index (χ1v) is 12.7. The van der Waals surface area contributed by atoms with Crippen molar-refractivity contribution in [2.75, 3.05) is 33.3 Å². The van der Waals surface area contributed by atoms with Crippen LogP contribution >= 0.6 is 0 Å². The first-order chi connectivity index (χ1) is 15.8. The van der Waals surface area contributed by atoms with Crippen LogP contribution in [0.3, 0.4) is 0 Å². The molecule has 3 rings (SSSR count). The van der Waals surface area contributed by atoms with E-state index in [-0.39, 0.29) is 17.0 Å². The number of nitrogens with zero attached hydrogens (tertiary/aromatic N) is 2. The van der Waals surface area contributed by atoms with Gasteiger partial charge in [0.15, 0.2) is 0 Å². The molecule has 0 bridgehead atoms. The number of fused-ring (bicyclic) bond motifs is 1. The minimum absolute atomic E-state index is 0.00578. The zero-order valence-electron chi connectivity index (χ0n) is 19.8. The second-order valence-corrected chi connectivity index (χ2v) is 10.00. The Morgan fingerprint density at radius 2 is 1.70 bits per heavy atom. The number of rotatable bonds is 11. The molecule has 0 unspecified atom stereocenters. The van der Waals surface area contributed by atoms with Crippen LogP contribution in [0.25, 0.3) is 10.9 Å². The fraction of sp³-hybridized carbons (Fsp3) is 0.400. The van der Waals surface area contributed by atoms with E-state index >= 15 is 0 Å². The molecule has 0 amide bonds. The number of pyridine rings is 1. The van der Waals surface area contributed by atoms with Crippen LogP contribution in [-0.4, -0.2) is 55.9 Å². The highest BCUT2D eigenvalue weighted by Gasteiger charge is 2.26. The lowest BCUT2D eigenvalue weighted by molar-refractivity contribution is 0.282. The summed E-state index contributed by atoms with van der Waals surface area (Å²) in [5, 5.41) is 0.884. The summed E-state index contributed by atoms with van der Waals surface area (Å²) in [4.78, 5) is 18.2. The van der Waals surface area contributed by atoms with Crippen LogP contribution in [0.2, 0.25) is 0 Å². The molecule has 8 heteroatoms. The third-order valence-corrected chi connectivity index (χ3v) is 7.84. The lowest BCUT2D eigenvalue weighted by Gasteiger charge is -2.24. The van der Waals surface area contributed by atoms with E-state index in [1.54, 1.807) is 30.3 Å². The Morgan fingerprint density at radius 1 is 1.00 bits per heavy atom. The van der Waals surface area contributed by atoms with Gasteiger partial charge in [0.1, 0.15) is 5.75 Å². The molecule has 7 nitrogen and oxygen atoms in total. The Balaban J connectivity index is 1.95. The predicted octanol–water partition coefficient (Wildman–Crippen LogP) is 3.77. The van der Waals surface area contributed by atoms with Crippen molar-refractivity contribution in [1.29, 1.82) is 0 Å². The van der Waals surface area contributed by atoms with Crippen molar-refractivity contribution in [3.63, 3.8) is 0 Å². The molecule has 0 aliphatic rings. The average molecular weight is 472 g/mol. The van der Waals surface area contributed by atoms with Crippen molar-refractivity contribution in [2.24, 2.45) is 0 Å². The Labute approximate surface area is 196 Å². The van der Waals surface area contributed by atoms with Gasteiger partial charge in [0.25, 0.3) is 5.56 Å². The van der Waals surface area contributed by atoms with Crippen LogP contribution in [0.1, 0.15) is 31.4 Å². The molecule has 1 heterocycles. The summed E-state index contributed by atoms with van der Waals surface area (Å²) < 4.78 is 33.6. The number of H-pyrrole nitrogens is 1. The van der Waals surface area contributed by atoms with Gasteiger partial charge < -0.3 is 14.6 Å². The SMILES string of the molecule is CCN(CC)CCCN(Cc1cc2cccc(C)c2[nH]c1=O)S(=O)(=O)c1ccc(OC)cc1. The molecule has 0 atom stereocenters. The smallest absolute Gasteiger partial charge is 0.252 e. The van der Waals surface area contributed by atoms with Crippen molar-refractivity contribution in [1.82, 2.24) is 14.2 Å². The van der Waals surface area contributed by atoms with Gasteiger partial charge in [-0.2, -0.15) is 4.31 Å². The summed E-state index contributed by atoms with van der Waals surface area (Å²) >= 11 is 0. The molecule has 0 spiro atoms. The second kappa shape index (κ2) is 11.0. The third-order valence-electron chi connectivity index (χ3n) is 5.99. The predicted molar refractivity (Wildman–Crippen MR) is 132 cm³/mol. The van der Waals surface area contributed by atoms with Gasteiger partial charge in [-0.05, 0) is 74.3 Å².